The lowest BCUT2D eigenvalue weighted by Crippen LogP contribution is -2.19. The number of hydrogen-bond donors (Lipinski definition) is 0. The zero-order valence-electron chi connectivity index (χ0n) is 9.51. The Morgan fingerprint density at radius 2 is 2.00 bits per heavy atom. The highest BCUT2D eigenvalue weighted by molar-refractivity contribution is 8.01. The summed E-state index contributed by atoms with van der Waals surface area (Å²) >= 11 is 7.27. The number of halogens is 1. The fourth-order valence-electron chi connectivity index (χ4n) is 1.79. The maximum atomic E-state index is 12.5. The van der Waals surface area contributed by atoms with E-state index in [1.165, 1.54) is 11.8 Å². The Bertz CT molecular complexity index is 768. The standard InChI is InChI=1S/C10H8ClN3O2S2/c1-5-3-9-8(4-7(5)11)17-10-13-12-6(2)14(10)18(9,15)16/h3-4H,1-2H3. The van der Waals surface area contributed by atoms with Gasteiger partial charge in [-0.3, -0.25) is 0 Å². The van der Waals surface area contributed by atoms with E-state index in [2.05, 4.69) is 10.2 Å². The molecule has 94 valence electrons. The van der Waals surface area contributed by atoms with Crippen molar-refractivity contribution >= 4 is 33.4 Å². The summed E-state index contributed by atoms with van der Waals surface area (Å²) in [4.78, 5) is 0.843. The van der Waals surface area contributed by atoms with E-state index in [4.69, 9.17) is 11.6 Å². The maximum absolute atomic E-state index is 12.5. The summed E-state index contributed by atoms with van der Waals surface area (Å²) in [7, 11) is -3.62. The molecule has 0 saturated carbocycles. The van der Waals surface area contributed by atoms with Gasteiger partial charge in [-0.15, -0.1) is 10.2 Å². The molecule has 0 spiro atoms. The lowest BCUT2D eigenvalue weighted by atomic mass is 10.2. The molecule has 0 saturated heterocycles. The van der Waals surface area contributed by atoms with E-state index in [1.807, 2.05) is 0 Å². The molecule has 0 bridgehead atoms. The van der Waals surface area contributed by atoms with Crippen molar-refractivity contribution < 1.29 is 8.42 Å². The molecule has 0 fully saturated rings. The minimum absolute atomic E-state index is 0.254. The van der Waals surface area contributed by atoms with Crippen LogP contribution in [0.3, 0.4) is 0 Å². The molecule has 3 rings (SSSR count). The van der Waals surface area contributed by atoms with Crippen molar-refractivity contribution in [2.75, 3.05) is 0 Å². The van der Waals surface area contributed by atoms with E-state index >= 15 is 0 Å². The van der Waals surface area contributed by atoms with Crippen LogP contribution in [0.15, 0.2) is 27.1 Å². The first-order valence-corrected chi connectivity index (χ1v) is 7.70. The lowest BCUT2D eigenvalue weighted by molar-refractivity contribution is 0.576. The highest BCUT2D eigenvalue weighted by Gasteiger charge is 2.33. The van der Waals surface area contributed by atoms with Crippen molar-refractivity contribution in [3.8, 4) is 0 Å². The normalized spacial score (nSPS) is 16.2. The van der Waals surface area contributed by atoms with Gasteiger partial charge in [0.15, 0.2) is 0 Å². The Labute approximate surface area is 113 Å². The second-order valence-electron chi connectivity index (χ2n) is 3.95. The van der Waals surface area contributed by atoms with Crippen molar-refractivity contribution in [2.24, 2.45) is 0 Å². The molecule has 8 heteroatoms. The molecule has 0 unspecified atom stereocenters. The molecule has 0 N–H and O–H groups in total. The van der Waals surface area contributed by atoms with Crippen molar-refractivity contribution in [3.63, 3.8) is 0 Å². The smallest absolute Gasteiger partial charge is 0.201 e. The molecule has 2 heterocycles. The molecule has 1 aliphatic heterocycles. The van der Waals surface area contributed by atoms with Crippen LogP contribution in [-0.2, 0) is 10.0 Å². The molecular formula is C10H8ClN3O2S2. The first kappa shape index (κ1) is 12.0. The Morgan fingerprint density at radius 1 is 1.28 bits per heavy atom. The molecule has 0 amide bonds. The second kappa shape index (κ2) is 3.72. The zero-order valence-corrected chi connectivity index (χ0v) is 11.9. The van der Waals surface area contributed by atoms with E-state index in [0.29, 0.717) is 20.9 Å². The van der Waals surface area contributed by atoms with Crippen LogP contribution in [0, 0.1) is 13.8 Å². The maximum Gasteiger partial charge on any atom is 0.272 e. The van der Waals surface area contributed by atoms with Crippen LogP contribution in [0.1, 0.15) is 11.4 Å². The molecule has 0 aliphatic carbocycles. The van der Waals surface area contributed by atoms with Gasteiger partial charge in [0.2, 0.25) is 5.16 Å². The molecule has 1 aromatic heterocycles. The summed E-state index contributed by atoms with van der Waals surface area (Å²) in [5, 5.41) is 8.55. The van der Waals surface area contributed by atoms with E-state index in [0.717, 1.165) is 9.54 Å². The third-order valence-corrected chi connectivity index (χ3v) is 6.16. The summed E-state index contributed by atoms with van der Waals surface area (Å²) in [6, 6.07) is 3.24. The number of hydrogen-bond acceptors (Lipinski definition) is 5. The van der Waals surface area contributed by atoms with Gasteiger partial charge in [-0.05, 0) is 43.3 Å². The van der Waals surface area contributed by atoms with Gasteiger partial charge in [0.25, 0.3) is 10.0 Å². The van der Waals surface area contributed by atoms with Crippen LogP contribution < -0.4 is 0 Å². The molecule has 0 radical (unpaired) electrons. The minimum atomic E-state index is -3.62. The fourth-order valence-corrected chi connectivity index (χ4v) is 5.16. The third kappa shape index (κ3) is 1.51. The average Bonchev–Trinajstić information content (AvgIpc) is 2.64. The van der Waals surface area contributed by atoms with Crippen molar-refractivity contribution in [1.82, 2.24) is 14.2 Å². The summed E-state index contributed by atoms with van der Waals surface area (Å²) in [5.74, 6) is 0.357. The number of aryl methyl sites for hydroxylation is 2. The Balaban J connectivity index is 2.37. The van der Waals surface area contributed by atoms with E-state index in [9.17, 15) is 8.42 Å². The van der Waals surface area contributed by atoms with Crippen molar-refractivity contribution in [1.29, 1.82) is 0 Å². The van der Waals surface area contributed by atoms with Gasteiger partial charge in [-0.2, -0.15) is 3.97 Å². The number of aromatic nitrogens is 3. The van der Waals surface area contributed by atoms with Gasteiger partial charge >= 0.3 is 0 Å². The van der Waals surface area contributed by atoms with Gasteiger partial charge in [0, 0.05) is 9.92 Å². The Kier molecular flexibility index (Phi) is 2.48. The summed E-state index contributed by atoms with van der Waals surface area (Å²) < 4.78 is 26.1. The molecule has 0 atom stereocenters. The summed E-state index contributed by atoms with van der Waals surface area (Å²) in [6.07, 6.45) is 0. The fraction of sp³-hybridized carbons (Fsp3) is 0.200. The molecule has 1 aromatic carbocycles. The van der Waals surface area contributed by atoms with Crippen molar-refractivity contribution in [2.45, 2.75) is 28.8 Å². The number of fused-ring (bicyclic) bond motifs is 2. The summed E-state index contributed by atoms with van der Waals surface area (Å²) in [5.41, 5.74) is 0.730. The van der Waals surface area contributed by atoms with E-state index in [1.54, 1.807) is 26.0 Å². The Morgan fingerprint density at radius 3 is 2.72 bits per heavy atom. The lowest BCUT2D eigenvalue weighted by Gasteiger charge is -2.18. The van der Waals surface area contributed by atoms with Crippen molar-refractivity contribution in [3.05, 3.63) is 28.5 Å². The highest BCUT2D eigenvalue weighted by atomic mass is 35.5. The van der Waals surface area contributed by atoms with E-state index < -0.39 is 10.0 Å². The van der Waals surface area contributed by atoms with Gasteiger partial charge in [-0.25, -0.2) is 8.42 Å². The first-order valence-electron chi connectivity index (χ1n) is 5.07. The first-order chi connectivity index (χ1) is 8.41. The van der Waals surface area contributed by atoms with Crippen LogP contribution in [0.4, 0.5) is 0 Å². The highest BCUT2D eigenvalue weighted by Crippen LogP contribution is 2.41. The Hall–Kier alpha value is -1.05. The van der Waals surface area contributed by atoms with Gasteiger partial charge in [0.1, 0.15) is 10.7 Å². The molecule has 1 aliphatic rings. The predicted molar refractivity (Wildman–Crippen MR) is 67.7 cm³/mol. The third-order valence-electron chi connectivity index (χ3n) is 2.69. The topological polar surface area (TPSA) is 64.8 Å². The van der Waals surface area contributed by atoms with Crippen LogP contribution >= 0.6 is 23.4 Å². The monoisotopic (exact) mass is 301 g/mol. The number of nitrogens with zero attached hydrogens (tertiary/aromatic N) is 3. The van der Waals surface area contributed by atoms with Crippen LogP contribution in [0.5, 0.6) is 0 Å². The molecule has 18 heavy (non-hydrogen) atoms. The van der Waals surface area contributed by atoms with Crippen LogP contribution in [-0.4, -0.2) is 22.6 Å². The van der Waals surface area contributed by atoms with Gasteiger partial charge in [0.05, 0.1) is 0 Å². The van der Waals surface area contributed by atoms with Gasteiger partial charge in [-0.1, -0.05) is 11.6 Å². The average molecular weight is 302 g/mol. The SMILES string of the molecule is Cc1cc2c(cc1Cl)Sc1nnc(C)n1S2(=O)=O. The quantitative estimate of drug-likeness (QED) is 0.637. The molecular weight excluding hydrogens is 294 g/mol. The predicted octanol–water partition coefficient (Wildman–Crippen LogP) is 2.25. The van der Waals surface area contributed by atoms with Gasteiger partial charge < -0.3 is 0 Å². The van der Waals surface area contributed by atoms with Crippen LogP contribution in [0.2, 0.25) is 5.02 Å². The molecule has 2 aromatic rings. The molecule has 5 nitrogen and oxygen atoms in total. The van der Waals surface area contributed by atoms with E-state index in [-0.39, 0.29) is 4.90 Å². The largest absolute Gasteiger partial charge is 0.272 e. The van der Waals surface area contributed by atoms with Crippen LogP contribution in [0.25, 0.3) is 0 Å². The second-order valence-corrected chi connectivity index (χ2v) is 7.12. The zero-order chi connectivity index (χ0) is 13.1. The minimum Gasteiger partial charge on any atom is -0.201 e. The number of rotatable bonds is 0. The summed E-state index contributed by atoms with van der Waals surface area (Å²) in [6.45, 7) is 3.39. The number of benzene rings is 1.